The predicted molar refractivity (Wildman–Crippen MR) is 107 cm³/mol. The summed E-state index contributed by atoms with van der Waals surface area (Å²) in [6.07, 6.45) is 13.9. The Balaban J connectivity index is 2.66. The molecule has 4 nitrogen and oxygen atoms in total. The number of rotatable bonds is 4. The van der Waals surface area contributed by atoms with E-state index >= 15 is 0 Å². The molecule has 0 bridgehead atoms. The number of ketones is 1. The fourth-order valence-electron chi connectivity index (χ4n) is 3.48. The summed E-state index contributed by atoms with van der Waals surface area (Å²) < 4.78 is 14.9. The Morgan fingerprint density at radius 1 is 1.20 bits per heavy atom. The van der Waals surface area contributed by atoms with Crippen molar-refractivity contribution in [2.24, 2.45) is 10.8 Å². The molecule has 0 atom stereocenters. The highest BCUT2D eigenvalue weighted by Gasteiger charge is 2.39. The van der Waals surface area contributed by atoms with Crippen LogP contribution in [0.25, 0.3) is 5.70 Å². The van der Waals surface area contributed by atoms with E-state index in [0.717, 1.165) is 25.7 Å². The number of Topliss-reactive ketones (excluding diaryl/α,β-unsaturated/α-hetero) is 1. The highest BCUT2D eigenvalue weighted by molar-refractivity contribution is 8.03. The Hall–Kier alpha value is -1.36. The van der Waals surface area contributed by atoms with E-state index in [9.17, 15) is 9.00 Å². The average Bonchev–Trinajstić information content (AvgIpc) is 2.98. The summed E-state index contributed by atoms with van der Waals surface area (Å²) in [4.78, 5) is 14.0. The zero-order chi connectivity index (χ0) is 18.9. The van der Waals surface area contributed by atoms with E-state index in [0.29, 0.717) is 10.6 Å². The quantitative estimate of drug-likeness (QED) is 0.599. The van der Waals surface area contributed by atoms with Crippen LogP contribution in [-0.2, 0) is 14.3 Å². The molecule has 5 heteroatoms. The third-order valence-corrected chi connectivity index (χ3v) is 6.13. The first kappa shape index (κ1) is 20.0. The molecule has 0 amide bonds. The van der Waals surface area contributed by atoms with Crippen molar-refractivity contribution in [2.75, 3.05) is 12.5 Å². The van der Waals surface area contributed by atoms with Gasteiger partial charge >= 0.3 is 0 Å². The summed E-state index contributed by atoms with van der Waals surface area (Å²) in [5.41, 5.74) is 0.0847. The van der Waals surface area contributed by atoms with Crippen molar-refractivity contribution >= 4 is 25.9 Å². The van der Waals surface area contributed by atoms with Gasteiger partial charge in [0.2, 0.25) is 0 Å². The zero-order valence-corrected chi connectivity index (χ0v) is 17.3. The molecule has 2 rings (SSSR count). The van der Waals surface area contributed by atoms with E-state index < -0.39 is 14.9 Å². The summed E-state index contributed by atoms with van der Waals surface area (Å²) in [6, 6.07) is 1.83. The molecule has 1 saturated carbocycles. The minimum Gasteiger partial charge on any atom is -0.293 e. The minimum atomic E-state index is -2.46. The molecule has 25 heavy (non-hydrogen) atoms. The van der Waals surface area contributed by atoms with Crippen LogP contribution < -0.4 is 0 Å². The van der Waals surface area contributed by atoms with Gasteiger partial charge in [-0.1, -0.05) is 53.0 Å². The third-order valence-electron chi connectivity index (χ3n) is 4.76. The number of allylic oxidation sites excluding steroid dienone is 2. The molecular weight excluding hydrogens is 332 g/mol. The monoisotopic (exact) mass is 364 g/mol. The molecule has 1 aliphatic rings. The van der Waals surface area contributed by atoms with Crippen LogP contribution in [0.1, 0.15) is 59.8 Å². The van der Waals surface area contributed by atoms with Crippen LogP contribution in [0, 0.1) is 10.8 Å². The van der Waals surface area contributed by atoms with Crippen molar-refractivity contribution in [3.63, 3.8) is 0 Å². The van der Waals surface area contributed by atoms with E-state index in [1.165, 1.54) is 6.42 Å². The maximum absolute atomic E-state index is 13.6. The molecule has 0 saturated heterocycles. The lowest BCUT2D eigenvalue weighted by molar-refractivity contribution is -0.122. The maximum atomic E-state index is 13.6. The van der Waals surface area contributed by atoms with Crippen molar-refractivity contribution in [3.05, 3.63) is 24.5 Å². The van der Waals surface area contributed by atoms with Gasteiger partial charge in [-0.05, 0) is 33.8 Å². The number of hydrogen-bond donors (Lipinski definition) is 0. The molecule has 0 N–H and O–H groups in total. The second-order valence-corrected chi connectivity index (χ2v) is 11.7. The van der Waals surface area contributed by atoms with Gasteiger partial charge in [-0.25, -0.2) is 4.68 Å². The van der Waals surface area contributed by atoms with Crippen molar-refractivity contribution in [1.29, 1.82) is 0 Å². The third kappa shape index (κ3) is 4.84. The topological polar surface area (TPSA) is 52.0 Å². The highest BCUT2D eigenvalue weighted by Crippen LogP contribution is 2.38. The zero-order valence-electron chi connectivity index (χ0n) is 16.5. The first-order valence-corrected chi connectivity index (χ1v) is 11.4. The van der Waals surface area contributed by atoms with Crippen molar-refractivity contribution in [3.8, 4) is 0 Å². The SMILES string of the molecule is CC(C)(C)/C=C(\C(C(=O)C1(C)CCCCC1)=S(C)(C)=O)n1cccn1. The molecule has 0 aliphatic heterocycles. The molecule has 0 unspecified atom stereocenters. The summed E-state index contributed by atoms with van der Waals surface area (Å²) in [5.74, 6) is 0.0354. The second kappa shape index (κ2) is 7.10. The van der Waals surface area contributed by atoms with E-state index in [4.69, 9.17) is 0 Å². The number of aromatic nitrogens is 2. The van der Waals surface area contributed by atoms with Gasteiger partial charge in [-0.15, -0.1) is 0 Å². The largest absolute Gasteiger partial charge is 0.293 e. The van der Waals surface area contributed by atoms with E-state index in [1.54, 1.807) is 23.4 Å². The summed E-state index contributed by atoms with van der Waals surface area (Å²) in [5, 5.41) is 4.34. The Morgan fingerprint density at radius 3 is 2.24 bits per heavy atom. The van der Waals surface area contributed by atoms with Gasteiger partial charge in [0.15, 0.2) is 5.78 Å². The summed E-state index contributed by atoms with van der Waals surface area (Å²) in [7, 11) is -2.46. The first-order valence-electron chi connectivity index (χ1n) is 9.03. The Morgan fingerprint density at radius 2 is 1.80 bits per heavy atom. The first-order chi connectivity index (χ1) is 11.4. The predicted octanol–water partition coefficient (Wildman–Crippen LogP) is 4.03. The van der Waals surface area contributed by atoms with Crippen LogP contribution >= 0.6 is 0 Å². The minimum absolute atomic E-state index is 0.0354. The van der Waals surface area contributed by atoms with Crippen molar-refractivity contribution in [1.82, 2.24) is 9.78 Å². The van der Waals surface area contributed by atoms with Gasteiger partial charge in [0.25, 0.3) is 0 Å². The fourth-order valence-corrected chi connectivity index (χ4v) is 4.83. The van der Waals surface area contributed by atoms with Crippen LogP contribution in [0.3, 0.4) is 0 Å². The van der Waals surface area contributed by atoms with Gasteiger partial charge in [0, 0.05) is 30.3 Å². The van der Waals surface area contributed by atoms with E-state index in [2.05, 4.69) is 25.9 Å². The molecule has 0 aromatic carbocycles. The van der Waals surface area contributed by atoms with E-state index in [-0.39, 0.29) is 11.2 Å². The van der Waals surface area contributed by atoms with Gasteiger partial charge in [-0.3, -0.25) is 9.00 Å². The van der Waals surface area contributed by atoms with Gasteiger partial charge in [0.1, 0.15) is 0 Å². The average molecular weight is 365 g/mol. The molecule has 0 radical (unpaired) electrons. The van der Waals surface area contributed by atoms with Crippen LogP contribution in [0.2, 0.25) is 0 Å². The number of nitrogens with zero attached hydrogens (tertiary/aromatic N) is 2. The number of carbonyl (C=O) groups excluding carboxylic acids is 1. The number of hydrogen-bond acceptors (Lipinski definition) is 3. The van der Waals surface area contributed by atoms with Crippen molar-refractivity contribution < 1.29 is 9.00 Å². The Bertz CT molecular complexity index is 759. The molecule has 1 aliphatic carbocycles. The van der Waals surface area contributed by atoms with Crippen LogP contribution in [0.5, 0.6) is 0 Å². The van der Waals surface area contributed by atoms with E-state index in [1.807, 2.05) is 25.3 Å². The molecule has 1 aromatic heterocycles. The lowest BCUT2D eigenvalue weighted by Crippen LogP contribution is -2.40. The van der Waals surface area contributed by atoms with Gasteiger partial charge in [-0.2, -0.15) is 5.10 Å². The Labute approximate surface area is 152 Å². The van der Waals surface area contributed by atoms with Gasteiger partial charge < -0.3 is 0 Å². The van der Waals surface area contributed by atoms with Gasteiger partial charge in [0.05, 0.1) is 10.6 Å². The summed E-state index contributed by atoms with van der Waals surface area (Å²) in [6.45, 7) is 8.27. The molecule has 0 spiro atoms. The van der Waals surface area contributed by atoms with Crippen LogP contribution in [0.4, 0.5) is 0 Å². The Kier molecular flexibility index (Phi) is 5.67. The van der Waals surface area contributed by atoms with Crippen molar-refractivity contribution in [2.45, 2.75) is 59.8 Å². The standard InChI is InChI=1S/C20H32N2O2S/c1-19(2,3)15-16(22-14-10-13-21-22)17(25(5,6)24)18(23)20(4)11-8-7-9-12-20/h10,13-15H,7-9,11-12H2,1-6H3/b16-15+. The molecule has 1 heterocycles. The normalized spacial score (nSPS) is 18.9. The molecule has 1 aromatic rings. The summed E-state index contributed by atoms with van der Waals surface area (Å²) >= 11 is 0. The lowest BCUT2D eigenvalue weighted by atomic mass is 9.71. The smallest absolute Gasteiger partial charge is 0.178 e. The lowest BCUT2D eigenvalue weighted by Gasteiger charge is -2.34. The molecular formula is C20H32N2O2S. The fraction of sp³-hybridized carbons (Fsp3) is 0.650. The van der Waals surface area contributed by atoms with Crippen LogP contribution in [-0.4, -0.2) is 37.1 Å². The maximum Gasteiger partial charge on any atom is 0.178 e. The molecule has 1 fully saturated rings. The number of carbonyl (C=O) groups is 1. The molecule has 140 valence electrons. The highest BCUT2D eigenvalue weighted by atomic mass is 32.2. The second-order valence-electron chi connectivity index (χ2n) is 8.86. The van der Waals surface area contributed by atoms with Crippen LogP contribution in [0.15, 0.2) is 24.5 Å².